The molecule has 7 heteroatoms. The third-order valence-corrected chi connectivity index (χ3v) is 5.19. The van der Waals surface area contributed by atoms with E-state index in [1.807, 2.05) is 28.5 Å². The molecule has 0 spiro atoms. The third kappa shape index (κ3) is 3.46. The molecule has 3 heterocycles. The van der Waals surface area contributed by atoms with Crippen molar-refractivity contribution in [2.45, 2.75) is 25.7 Å². The summed E-state index contributed by atoms with van der Waals surface area (Å²) in [4.78, 5) is 23.3. The van der Waals surface area contributed by atoms with Crippen LogP contribution < -0.4 is 0 Å². The SMILES string of the molecule is Cc1noc(C2CCN(C(=O)c3csc(Cc4ccccc4)n3)C2)n1. The van der Waals surface area contributed by atoms with Crippen molar-refractivity contribution in [3.05, 3.63) is 63.7 Å². The van der Waals surface area contributed by atoms with Crippen molar-refractivity contribution in [1.82, 2.24) is 20.0 Å². The van der Waals surface area contributed by atoms with Crippen LogP contribution in [0, 0.1) is 6.92 Å². The van der Waals surface area contributed by atoms with Crippen LogP contribution in [0.5, 0.6) is 0 Å². The molecule has 4 rings (SSSR count). The van der Waals surface area contributed by atoms with Gasteiger partial charge in [-0.1, -0.05) is 35.5 Å². The second kappa shape index (κ2) is 6.76. The van der Waals surface area contributed by atoms with Gasteiger partial charge in [-0.3, -0.25) is 4.79 Å². The molecule has 128 valence electrons. The van der Waals surface area contributed by atoms with Gasteiger partial charge in [-0.05, 0) is 18.9 Å². The Hall–Kier alpha value is -2.54. The Morgan fingerprint density at radius 2 is 2.16 bits per heavy atom. The normalized spacial score (nSPS) is 17.2. The molecule has 0 bridgehead atoms. The van der Waals surface area contributed by atoms with E-state index in [-0.39, 0.29) is 11.8 Å². The molecular weight excluding hydrogens is 336 g/mol. The van der Waals surface area contributed by atoms with Crippen LogP contribution in [-0.4, -0.2) is 39.0 Å². The van der Waals surface area contributed by atoms with E-state index >= 15 is 0 Å². The summed E-state index contributed by atoms with van der Waals surface area (Å²) in [5.74, 6) is 1.35. The first-order valence-corrected chi connectivity index (χ1v) is 9.15. The van der Waals surface area contributed by atoms with Gasteiger partial charge in [-0.15, -0.1) is 11.3 Å². The molecule has 1 unspecified atom stereocenters. The number of nitrogens with zero attached hydrogens (tertiary/aromatic N) is 4. The molecule has 1 aromatic carbocycles. The van der Waals surface area contributed by atoms with Crippen LogP contribution in [0.25, 0.3) is 0 Å². The first-order valence-electron chi connectivity index (χ1n) is 8.27. The molecule has 3 aromatic rings. The lowest BCUT2D eigenvalue weighted by Crippen LogP contribution is -2.28. The van der Waals surface area contributed by atoms with Crippen molar-refractivity contribution in [1.29, 1.82) is 0 Å². The van der Waals surface area contributed by atoms with Gasteiger partial charge in [0, 0.05) is 24.9 Å². The average molecular weight is 354 g/mol. The van der Waals surface area contributed by atoms with E-state index < -0.39 is 0 Å². The Morgan fingerprint density at radius 3 is 2.92 bits per heavy atom. The van der Waals surface area contributed by atoms with Gasteiger partial charge in [0.25, 0.3) is 5.91 Å². The highest BCUT2D eigenvalue weighted by Crippen LogP contribution is 2.27. The summed E-state index contributed by atoms with van der Waals surface area (Å²) < 4.78 is 5.24. The first-order chi connectivity index (χ1) is 12.2. The van der Waals surface area contributed by atoms with Gasteiger partial charge in [0.05, 0.1) is 10.9 Å². The minimum absolute atomic E-state index is 0.0192. The number of aryl methyl sites for hydroxylation is 1. The Bertz CT molecular complexity index is 874. The second-order valence-corrected chi connectivity index (χ2v) is 7.15. The van der Waals surface area contributed by atoms with Gasteiger partial charge >= 0.3 is 0 Å². The number of aromatic nitrogens is 3. The lowest BCUT2D eigenvalue weighted by atomic mass is 10.1. The van der Waals surface area contributed by atoms with Crippen molar-refractivity contribution in [2.24, 2.45) is 0 Å². The topological polar surface area (TPSA) is 72.1 Å². The molecule has 2 aromatic heterocycles. The maximum Gasteiger partial charge on any atom is 0.273 e. The van der Waals surface area contributed by atoms with Gasteiger partial charge in [0.1, 0.15) is 5.69 Å². The van der Waals surface area contributed by atoms with Crippen LogP contribution >= 0.6 is 11.3 Å². The molecule has 25 heavy (non-hydrogen) atoms. The van der Waals surface area contributed by atoms with Gasteiger partial charge < -0.3 is 9.42 Å². The number of amides is 1. The van der Waals surface area contributed by atoms with Crippen LogP contribution in [0.4, 0.5) is 0 Å². The van der Waals surface area contributed by atoms with E-state index in [1.54, 1.807) is 6.92 Å². The fraction of sp³-hybridized carbons (Fsp3) is 0.333. The molecule has 1 aliphatic rings. The largest absolute Gasteiger partial charge is 0.339 e. The number of carbonyl (C=O) groups excluding carboxylic acids is 1. The molecule has 0 radical (unpaired) electrons. The second-order valence-electron chi connectivity index (χ2n) is 6.21. The molecule has 0 N–H and O–H groups in total. The van der Waals surface area contributed by atoms with Crippen molar-refractivity contribution >= 4 is 17.2 Å². The van der Waals surface area contributed by atoms with Crippen molar-refractivity contribution in [2.75, 3.05) is 13.1 Å². The van der Waals surface area contributed by atoms with Crippen LogP contribution in [0.1, 0.15) is 45.1 Å². The number of carbonyl (C=O) groups is 1. The zero-order chi connectivity index (χ0) is 17.2. The lowest BCUT2D eigenvalue weighted by Gasteiger charge is -2.13. The maximum atomic E-state index is 12.7. The Labute approximate surface area is 149 Å². The van der Waals surface area contributed by atoms with Crippen LogP contribution in [0.2, 0.25) is 0 Å². The average Bonchev–Trinajstić information content (AvgIpc) is 3.35. The summed E-state index contributed by atoms with van der Waals surface area (Å²) in [5.41, 5.74) is 1.72. The van der Waals surface area contributed by atoms with E-state index in [9.17, 15) is 4.79 Å². The predicted molar refractivity (Wildman–Crippen MR) is 93.7 cm³/mol. The van der Waals surface area contributed by atoms with Crippen LogP contribution in [0.3, 0.4) is 0 Å². The maximum absolute atomic E-state index is 12.7. The minimum Gasteiger partial charge on any atom is -0.339 e. The summed E-state index contributed by atoms with van der Waals surface area (Å²) in [6, 6.07) is 10.2. The zero-order valence-corrected chi connectivity index (χ0v) is 14.7. The molecule has 0 saturated carbocycles. The van der Waals surface area contributed by atoms with E-state index in [4.69, 9.17) is 4.52 Å². The molecular formula is C18H18N4O2S. The van der Waals surface area contributed by atoms with Gasteiger partial charge in [0.15, 0.2) is 5.82 Å². The highest BCUT2D eigenvalue weighted by molar-refractivity contribution is 7.09. The summed E-state index contributed by atoms with van der Waals surface area (Å²) in [6.07, 6.45) is 1.59. The molecule has 1 atom stereocenters. The van der Waals surface area contributed by atoms with Crippen molar-refractivity contribution in [3.8, 4) is 0 Å². The highest BCUT2D eigenvalue weighted by Gasteiger charge is 2.32. The molecule has 1 saturated heterocycles. The van der Waals surface area contributed by atoms with E-state index in [2.05, 4.69) is 27.3 Å². The van der Waals surface area contributed by atoms with Crippen LogP contribution in [-0.2, 0) is 6.42 Å². The zero-order valence-electron chi connectivity index (χ0n) is 13.9. The van der Waals surface area contributed by atoms with Gasteiger partial charge in [-0.25, -0.2) is 4.98 Å². The fourth-order valence-electron chi connectivity index (χ4n) is 3.05. The van der Waals surface area contributed by atoms with E-state index in [0.717, 1.165) is 17.8 Å². The summed E-state index contributed by atoms with van der Waals surface area (Å²) >= 11 is 1.53. The highest BCUT2D eigenvalue weighted by atomic mass is 32.1. The monoisotopic (exact) mass is 354 g/mol. The Balaban J connectivity index is 1.42. The predicted octanol–water partition coefficient (Wildman–Crippen LogP) is 3.06. The summed E-state index contributed by atoms with van der Waals surface area (Å²) in [7, 11) is 0. The fourth-order valence-corrected chi connectivity index (χ4v) is 3.85. The number of hydrogen-bond donors (Lipinski definition) is 0. The standard InChI is InChI=1S/C18H18N4O2S/c1-12-19-17(24-21-12)14-7-8-22(10-14)18(23)15-11-25-16(20-15)9-13-5-3-2-4-6-13/h2-6,11,14H,7-10H2,1H3. The third-order valence-electron chi connectivity index (χ3n) is 4.34. The Morgan fingerprint density at radius 1 is 1.32 bits per heavy atom. The minimum atomic E-state index is -0.0192. The summed E-state index contributed by atoms with van der Waals surface area (Å²) in [5, 5.41) is 6.64. The number of rotatable bonds is 4. The molecule has 1 fully saturated rings. The Kier molecular flexibility index (Phi) is 4.31. The number of benzene rings is 1. The lowest BCUT2D eigenvalue weighted by molar-refractivity contribution is 0.0784. The summed E-state index contributed by atoms with van der Waals surface area (Å²) in [6.45, 7) is 3.09. The first kappa shape index (κ1) is 16.0. The van der Waals surface area contributed by atoms with E-state index in [0.29, 0.717) is 30.5 Å². The molecule has 0 aliphatic carbocycles. The van der Waals surface area contributed by atoms with Crippen LogP contribution in [0.15, 0.2) is 40.2 Å². The number of thiazole rings is 1. The molecule has 1 amide bonds. The van der Waals surface area contributed by atoms with E-state index in [1.165, 1.54) is 16.9 Å². The molecule has 1 aliphatic heterocycles. The van der Waals surface area contributed by atoms with Crippen molar-refractivity contribution in [3.63, 3.8) is 0 Å². The van der Waals surface area contributed by atoms with Gasteiger partial charge in [-0.2, -0.15) is 4.98 Å². The molecule has 6 nitrogen and oxygen atoms in total. The smallest absolute Gasteiger partial charge is 0.273 e. The number of likely N-dealkylation sites (tertiary alicyclic amines) is 1. The van der Waals surface area contributed by atoms with Crippen molar-refractivity contribution < 1.29 is 9.32 Å². The number of hydrogen-bond acceptors (Lipinski definition) is 6. The quantitative estimate of drug-likeness (QED) is 0.720. The van der Waals surface area contributed by atoms with Gasteiger partial charge in [0.2, 0.25) is 5.89 Å².